The van der Waals surface area contributed by atoms with E-state index in [9.17, 15) is 4.79 Å². The molecule has 3 nitrogen and oxygen atoms in total. The van der Waals surface area contributed by atoms with E-state index in [0.717, 1.165) is 19.4 Å². The zero-order chi connectivity index (χ0) is 8.81. The van der Waals surface area contributed by atoms with Crippen LogP contribution >= 0.6 is 0 Å². The van der Waals surface area contributed by atoms with Crippen molar-refractivity contribution in [3.8, 4) is 0 Å². The molecule has 3 heteroatoms. The van der Waals surface area contributed by atoms with E-state index in [0.29, 0.717) is 13.2 Å². The molecule has 0 aromatic carbocycles. The summed E-state index contributed by atoms with van der Waals surface area (Å²) in [6.07, 6.45) is 1.84. The fourth-order valence-corrected chi connectivity index (χ4v) is 1.22. The molecule has 1 aliphatic heterocycles. The lowest BCUT2D eigenvalue weighted by Crippen LogP contribution is -2.20. The molecule has 12 heavy (non-hydrogen) atoms. The maximum Gasteiger partial charge on any atom is 0.163 e. The Labute approximate surface area is 73.0 Å². The highest BCUT2D eigenvalue weighted by atomic mass is 16.5. The van der Waals surface area contributed by atoms with Crippen LogP contribution in [-0.2, 0) is 14.3 Å². The number of hydrogen-bond donors (Lipinski definition) is 0. The summed E-state index contributed by atoms with van der Waals surface area (Å²) < 4.78 is 10.3. The topological polar surface area (TPSA) is 35.5 Å². The molecule has 0 aromatic rings. The zero-order valence-corrected chi connectivity index (χ0v) is 7.54. The van der Waals surface area contributed by atoms with Crippen LogP contribution in [0, 0.1) is 5.92 Å². The lowest BCUT2D eigenvalue weighted by Gasteiger charge is -2.05. The number of carbonyl (C=O) groups excluding carboxylic acids is 1. The van der Waals surface area contributed by atoms with Crippen LogP contribution in [0.15, 0.2) is 0 Å². The van der Waals surface area contributed by atoms with E-state index in [1.54, 1.807) is 0 Å². The van der Waals surface area contributed by atoms with Gasteiger partial charge in [-0.15, -0.1) is 0 Å². The Kier molecular flexibility index (Phi) is 4.25. The van der Waals surface area contributed by atoms with Crippen molar-refractivity contribution in [2.75, 3.05) is 26.4 Å². The van der Waals surface area contributed by atoms with Gasteiger partial charge in [0.1, 0.15) is 6.61 Å². The van der Waals surface area contributed by atoms with Crippen molar-refractivity contribution in [2.24, 2.45) is 5.92 Å². The normalized spacial score (nSPS) is 22.9. The fraction of sp³-hybridized carbons (Fsp3) is 0.889. The van der Waals surface area contributed by atoms with Crippen molar-refractivity contribution in [1.82, 2.24) is 0 Å². The lowest BCUT2D eigenvalue weighted by atomic mass is 10.0. The molecule has 1 heterocycles. The van der Waals surface area contributed by atoms with E-state index in [1.165, 1.54) is 0 Å². The van der Waals surface area contributed by atoms with Gasteiger partial charge in [-0.2, -0.15) is 0 Å². The maximum atomic E-state index is 11.3. The smallest absolute Gasteiger partial charge is 0.163 e. The van der Waals surface area contributed by atoms with Gasteiger partial charge in [0.15, 0.2) is 5.78 Å². The third-order valence-electron chi connectivity index (χ3n) is 1.98. The molecule has 0 aromatic heterocycles. The summed E-state index contributed by atoms with van der Waals surface area (Å²) in [6, 6.07) is 0. The summed E-state index contributed by atoms with van der Waals surface area (Å²) >= 11 is 0. The van der Waals surface area contributed by atoms with Crippen LogP contribution < -0.4 is 0 Å². The van der Waals surface area contributed by atoms with Crippen LogP contribution in [0.1, 0.15) is 19.8 Å². The van der Waals surface area contributed by atoms with Gasteiger partial charge in [0.2, 0.25) is 0 Å². The molecule has 1 atom stereocenters. The molecule has 0 radical (unpaired) electrons. The summed E-state index contributed by atoms with van der Waals surface area (Å²) in [6.45, 7) is 4.29. The van der Waals surface area contributed by atoms with Crippen molar-refractivity contribution in [3.63, 3.8) is 0 Å². The Bertz CT molecular complexity index is 139. The largest absolute Gasteiger partial charge is 0.381 e. The first-order valence-corrected chi connectivity index (χ1v) is 4.52. The van der Waals surface area contributed by atoms with Gasteiger partial charge in [-0.25, -0.2) is 0 Å². The molecule has 1 fully saturated rings. The fourth-order valence-electron chi connectivity index (χ4n) is 1.22. The van der Waals surface area contributed by atoms with Crippen LogP contribution in [0.4, 0.5) is 0 Å². The summed E-state index contributed by atoms with van der Waals surface area (Å²) in [5.74, 6) is 0.294. The molecule has 70 valence electrons. The third-order valence-corrected chi connectivity index (χ3v) is 1.98. The SMILES string of the molecule is CCCOCC(=O)C1CCOC1. The van der Waals surface area contributed by atoms with Crippen molar-refractivity contribution in [2.45, 2.75) is 19.8 Å². The first kappa shape index (κ1) is 9.68. The Morgan fingerprint density at radius 1 is 1.67 bits per heavy atom. The monoisotopic (exact) mass is 172 g/mol. The van der Waals surface area contributed by atoms with Gasteiger partial charge >= 0.3 is 0 Å². The standard InChI is InChI=1S/C9H16O3/c1-2-4-11-7-9(10)8-3-5-12-6-8/h8H,2-7H2,1H3. The predicted octanol–water partition coefficient (Wildman–Crippen LogP) is 1.02. The highest BCUT2D eigenvalue weighted by molar-refractivity contribution is 5.82. The van der Waals surface area contributed by atoms with E-state index in [1.807, 2.05) is 6.92 Å². The summed E-state index contributed by atoms with van der Waals surface area (Å²) in [5.41, 5.74) is 0. The Hall–Kier alpha value is -0.410. The molecular weight excluding hydrogens is 156 g/mol. The van der Waals surface area contributed by atoms with Crippen LogP contribution in [-0.4, -0.2) is 32.2 Å². The molecule has 0 spiro atoms. The van der Waals surface area contributed by atoms with Crippen LogP contribution in [0.3, 0.4) is 0 Å². The number of carbonyl (C=O) groups is 1. The van der Waals surface area contributed by atoms with Gasteiger partial charge in [-0.05, 0) is 12.8 Å². The van der Waals surface area contributed by atoms with Crippen molar-refractivity contribution in [1.29, 1.82) is 0 Å². The van der Waals surface area contributed by atoms with Gasteiger partial charge in [-0.1, -0.05) is 6.92 Å². The number of ether oxygens (including phenoxy) is 2. The van der Waals surface area contributed by atoms with Crippen LogP contribution in [0.25, 0.3) is 0 Å². The van der Waals surface area contributed by atoms with Gasteiger partial charge in [0, 0.05) is 19.1 Å². The molecule has 1 saturated heterocycles. The van der Waals surface area contributed by atoms with E-state index >= 15 is 0 Å². The van der Waals surface area contributed by atoms with E-state index in [2.05, 4.69) is 0 Å². The molecule has 0 bridgehead atoms. The van der Waals surface area contributed by atoms with E-state index in [4.69, 9.17) is 9.47 Å². The van der Waals surface area contributed by atoms with Crippen LogP contribution in [0.2, 0.25) is 0 Å². The number of Topliss-reactive ketones (excluding diaryl/α,β-unsaturated/α-hetero) is 1. The van der Waals surface area contributed by atoms with E-state index < -0.39 is 0 Å². The molecule has 1 unspecified atom stereocenters. The molecule has 0 amide bonds. The average Bonchev–Trinajstić information content (AvgIpc) is 2.56. The van der Waals surface area contributed by atoms with Crippen molar-refractivity contribution >= 4 is 5.78 Å². The molecular formula is C9H16O3. The summed E-state index contributed by atoms with van der Waals surface area (Å²) in [7, 11) is 0. The molecule has 1 rings (SSSR count). The van der Waals surface area contributed by atoms with Gasteiger partial charge in [0.25, 0.3) is 0 Å². The average molecular weight is 172 g/mol. The van der Waals surface area contributed by atoms with Gasteiger partial charge in [0.05, 0.1) is 6.61 Å². The highest BCUT2D eigenvalue weighted by Gasteiger charge is 2.22. The maximum absolute atomic E-state index is 11.3. The molecule has 1 aliphatic rings. The summed E-state index contributed by atoms with van der Waals surface area (Å²) in [4.78, 5) is 11.3. The quantitative estimate of drug-likeness (QED) is 0.581. The molecule has 0 N–H and O–H groups in total. The second-order valence-electron chi connectivity index (χ2n) is 3.08. The predicted molar refractivity (Wildman–Crippen MR) is 45.0 cm³/mol. The summed E-state index contributed by atoms with van der Waals surface area (Å²) in [5, 5.41) is 0. The van der Waals surface area contributed by atoms with Gasteiger partial charge < -0.3 is 9.47 Å². The molecule has 0 saturated carbocycles. The molecule has 0 aliphatic carbocycles. The Balaban J connectivity index is 2.10. The minimum atomic E-state index is 0.0989. The van der Waals surface area contributed by atoms with Crippen molar-refractivity contribution < 1.29 is 14.3 Å². The van der Waals surface area contributed by atoms with E-state index in [-0.39, 0.29) is 18.3 Å². The first-order valence-electron chi connectivity index (χ1n) is 4.52. The highest BCUT2D eigenvalue weighted by Crippen LogP contribution is 2.13. The first-order chi connectivity index (χ1) is 5.84. The second-order valence-corrected chi connectivity index (χ2v) is 3.08. The Morgan fingerprint density at radius 2 is 2.50 bits per heavy atom. The number of hydrogen-bond acceptors (Lipinski definition) is 3. The Morgan fingerprint density at radius 3 is 3.08 bits per heavy atom. The lowest BCUT2D eigenvalue weighted by molar-refractivity contribution is -0.127. The minimum Gasteiger partial charge on any atom is -0.381 e. The van der Waals surface area contributed by atoms with Crippen molar-refractivity contribution in [3.05, 3.63) is 0 Å². The minimum absolute atomic E-state index is 0.0989. The number of rotatable bonds is 5. The number of ketones is 1. The van der Waals surface area contributed by atoms with Gasteiger partial charge in [-0.3, -0.25) is 4.79 Å². The third kappa shape index (κ3) is 2.91. The second kappa shape index (κ2) is 5.27. The van der Waals surface area contributed by atoms with Crippen LogP contribution in [0.5, 0.6) is 0 Å². The zero-order valence-electron chi connectivity index (χ0n) is 7.54.